The van der Waals surface area contributed by atoms with Gasteiger partial charge >= 0.3 is 5.97 Å². The molecule has 0 aliphatic heterocycles. The Morgan fingerprint density at radius 2 is 1.69 bits per heavy atom. The maximum absolute atomic E-state index is 12.3. The van der Waals surface area contributed by atoms with E-state index in [2.05, 4.69) is 0 Å². The molecule has 1 fully saturated rings. The summed E-state index contributed by atoms with van der Waals surface area (Å²) in [6.07, 6.45) is 5.65. The summed E-state index contributed by atoms with van der Waals surface area (Å²) in [5.41, 5.74) is 1.37. The Labute approximate surface area is 169 Å². The molecule has 144 valence electrons. The van der Waals surface area contributed by atoms with Crippen LogP contribution < -0.4 is 0 Å². The van der Waals surface area contributed by atoms with E-state index in [9.17, 15) is 14.7 Å². The third-order valence-corrected chi connectivity index (χ3v) is 6.68. The van der Waals surface area contributed by atoms with E-state index in [0.29, 0.717) is 34.6 Å². The lowest BCUT2D eigenvalue weighted by atomic mass is 9.83. The van der Waals surface area contributed by atoms with Gasteiger partial charge in [-0.2, -0.15) is 0 Å². The summed E-state index contributed by atoms with van der Waals surface area (Å²) in [7, 11) is 0. The number of rotatable bonds is 6. The number of benzene rings is 1. The zero-order valence-corrected chi connectivity index (χ0v) is 17.5. The number of nitrogens with zero attached hydrogens (tertiary/aromatic N) is 1. The quantitative estimate of drug-likeness (QED) is 0.584. The molecule has 1 aliphatic carbocycles. The van der Waals surface area contributed by atoms with Crippen molar-refractivity contribution in [3.63, 3.8) is 0 Å². The first-order valence-corrected chi connectivity index (χ1v) is 10.7. The molecule has 1 atom stereocenters. The minimum atomic E-state index is -1.08. The van der Waals surface area contributed by atoms with Crippen molar-refractivity contribution in [3.8, 4) is 0 Å². The Balaban J connectivity index is 2.29. The van der Waals surface area contributed by atoms with E-state index in [1.54, 1.807) is 17.0 Å². The van der Waals surface area contributed by atoms with Gasteiger partial charge in [-0.1, -0.05) is 42.5 Å². The van der Waals surface area contributed by atoms with Crippen molar-refractivity contribution in [2.24, 2.45) is 0 Å². The van der Waals surface area contributed by atoms with Gasteiger partial charge in [0, 0.05) is 23.1 Å². The van der Waals surface area contributed by atoms with Gasteiger partial charge in [0.15, 0.2) is 0 Å². The monoisotopic (exact) mass is 417 g/mol. The molecule has 1 unspecified atom stereocenters. The Kier molecular flexibility index (Phi) is 8.11. The largest absolute Gasteiger partial charge is 0.480 e. The van der Waals surface area contributed by atoms with Gasteiger partial charge in [0.2, 0.25) is 0 Å². The molecule has 2 rings (SSSR count). The second-order valence-electron chi connectivity index (χ2n) is 6.51. The molecule has 1 aromatic carbocycles. The van der Waals surface area contributed by atoms with Crippen LogP contribution in [0.2, 0.25) is 10.0 Å². The second kappa shape index (κ2) is 9.86. The number of halogens is 2. The van der Waals surface area contributed by atoms with Crippen molar-refractivity contribution in [1.29, 1.82) is 0 Å². The molecule has 4 nitrogen and oxygen atoms in total. The number of hydrogen-bond acceptors (Lipinski definition) is 3. The Morgan fingerprint density at radius 1 is 1.15 bits per heavy atom. The van der Waals surface area contributed by atoms with Gasteiger partial charge in [0.05, 0.1) is 0 Å². The smallest absolute Gasteiger partial charge is 0.321 e. The molecule has 26 heavy (non-hydrogen) atoms. The van der Waals surface area contributed by atoms with Crippen LogP contribution in [-0.4, -0.2) is 34.3 Å². The number of hydrogen-bond donors (Lipinski definition) is 1. The maximum atomic E-state index is 12.3. The molecule has 0 bridgehead atoms. The van der Waals surface area contributed by atoms with Gasteiger partial charge in [-0.25, -0.2) is 0 Å². The maximum Gasteiger partial charge on any atom is 0.321 e. The highest BCUT2D eigenvalue weighted by Crippen LogP contribution is 2.43. The number of carbonyl (C=O) groups excluding carboxylic acids is 1. The lowest BCUT2D eigenvalue weighted by molar-refractivity contribution is -0.136. The minimum Gasteiger partial charge on any atom is -0.480 e. The lowest BCUT2D eigenvalue weighted by Crippen LogP contribution is -2.28. The summed E-state index contributed by atoms with van der Waals surface area (Å²) in [6, 6.07) is 3.33. The molecule has 1 amide bonds. The first-order valence-electron chi connectivity index (χ1n) is 9.06. The van der Waals surface area contributed by atoms with Crippen LogP contribution in [0.15, 0.2) is 12.1 Å². The first-order chi connectivity index (χ1) is 12.4. The van der Waals surface area contributed by atoms with Gasteiger partial charge < -0.3 is 10.0 Å². The normalized spacial score (nSPS) is 16.3. The molecule has 0 aromatic heterocycles. The Morgan fingerprint density at radius 3 is 2.15 bits per heavy atom. The fourth-order valence-electron chi connectivity index (χ4n) is 3.45. The molecular formula is C19H25Cl2NO3S. The lowest BCUT2D eigenvalue weighted by Gasteiger charge is -2.25. The van der Waals surface area contributed by atoms with Crippen molar-refractivity contribution in [3.05, 3.63) is 33.3 Å². The van der Waals surface area contributed by atoms with Gasteiger partial charge in [-0.15, -0.1) is 0 Å². The van der Waals surface area contributed by atoms with E-state index in [0.717, 1.165) is 43.0 Å². The SMILES string of the molecule is CCN(CC)C(=O)SC(C(=O)O)c1cc(Cl)c(C2CCCCC2)c(Cl)c1. The van der Waals surface area contributed by atoms with E-state index in [1.807, 2.05) is 13.8 Å². The summed E-state index contributed by atoms with van der Waals surface area (Å²) >= 11 is 13.8. The minimum absolute atomic E-state index is 0.258. The third kappa shape index (κ3) is 5.08. The fraction of sp³-hybridized carbons (Fsp3) is 0.579. The number of aliphatic carboxylic acids is 1. The molecule has 1 saturated carbocycles. The number of carbonyl (C=O) groups is 2. The highest BCUT2D eigenvalue weighted by atomic mass is 35.5. The molecule has 0 spiro atoms. The van der Waals surface area contributed by atoms with Crippen LogP contribution in [0.4, 0.5) is 4.79 Å². The van der Waals surface area contributed by atoms with Gasteiger partial charge in [0.25, 0.3) is 5.24 Å². The summed E-state index contributed by atoms with van der Waals surface area (Å²) in [5, 5.41) is 9.34. The van der Waals surface area contributed by atoms with Gasteiger partial charge in [-0.3, -0.25) is 9.59 Å². The summed E-state index contributed by atoms with van der Waals surface area (Å²) < 4.78 is 0. The number of amides is 1. The van der Waals surface area contributed by atoms with Crippen LogP contribution in [0.1, 0.15) is 68.2 Å². The molecule has 0 heterocycles. The van der Waals surface area contributed by atoms with Crippen LogP contribution >= 0.6 is 35.0 Å². The molecule has 0 saturated heterocycles. The Bertz CT molecular complexity index is 635. The van der Waals surface area contributed by atoms with Crippen molar-refractivity contribution in [1.82, 2.24) is 4.90 Å². The molecule has 1 aromatic rings. The molecule has 7 heteroatoms. The number of thioether (sulfide) groups is 1. The molecule has 1 N–H and O–H groups in total. The highest BCUT2D eigenvalue weighted by Gasteiger charge is 2.29. The topological polar surface area (TPSA) is 57.6 Å². The fourth-order valence-corrected chi connectivity index (χ4v) is 5.25. The van der Waals surface area contributed by atoms with E-state index in [1.165, 1.54) is 6.42 Å². The predicted molar refractivity (Wildman–Crippen MR) is 109 cm³/mol. The molecule has 1 aliphatic rings. The molecular weight excluding hydrogens is 393 g/mol. The standard InChI is InChI=1S/C19H25Cl2NO3S/c1-3-22(4-2)19(25)26-17(18(23)24)13-10-14(20)16(15(21)11-13)12-8-6-5-7-9-12/h10-12,17H,3-9H2,1-2H3,(H,23,24). The van der Waals surface area contributed by atoms with Crippen LogP contribution in [0, 0.1) is 0 Å². The summed E-state index contributed by atoms with van der Waals surface area (Å²) in [6.45, 7) is 4.81. The van der Waals surface area contributed by atoms with E-state index in [-0.39, 0.29) is 5.24 Å². The number of carboxylic acids is 1. The first kappa shape index (κ1) is 21.4. The van der Waals surface area contributed by atoms with Crippen LogP contribution in [-0.2, 0) is 4.79 Å². The van der Waals surface area contributed by atoms with Gasteiger partial charge in [-0.05, 0) is 67.6 Å². The zero-order valence-electron chi connectivity index (χ0n) is 15.1. The number of carboxylic acid groups (broad SMARTS) is 1. The van der Waals surface area contributed by atoms with Crippen molar-refractivity contribution < 1.29 is 14.7 Å². The predicted octanol–water partition coefficient (Wildman–Crippen LogP) is 6.36. The molecule has 0 radical (unpaired) electrons. The van der Waals surface area contributed by atoms with Crippen LogP contribution in [0.3, 0.4) is 0 Å². The van der Waals surface area contributed by atoms with Crippen LogP contribution in [0.25, 0.3) is 0 Å². The van der Waals surface area contributed by atoms with E-state index < -0.39 is 11.2 Å². The van der Waals surface area contributed by atoms with Crippen molar-refractivity contribution in [2.75, 3.05) is 13.1 Å². The van der Waals surface area contributed by atoms with E-state index in [4.69, 9.17) is 23.2 Å². The zero-order chi connectivity index (χ0) is 19.3. The van der Waals surface area contributed by atoms with Crippen molar-refractivity contribution >= 4 is 46.2 Å². The van der Waals surface area contributed by atoms with Crippen LogP contribution in [0.5, 0.6) is 0 Å². The average Bonchev–Trinajstić information content (AvgIpc) is 2.60. The highest BCUT2D eigenvalue weighted by molar-refractivity contribution is 8.14. The van der Waals surface area contributed by atoms with Crippen molar-refractivity contribution in [2.45, 2.75) is 57.1 Å². The third-order valence-electron chi connectivity index (χ3n) is 4.88. The Hall–Kier alpha value is -0.910. The summed E-state index contributed by atoms with van der Waals surface area (Å²) in [4.78, 5) is 25.7. The van der Waals surface area contributed by atoms with Gasteiger partial charge in [0.1, 0.15) is 5.25 Å². The second-order valence-corrected chi connectivity index (χ2v) is 8.38. The summed E-state index contributed by atoms with van der Waals surface area (Å²) in [5.74, 6) is -0.751. The van der Waals surface area contributed by atoms with E-state index >= 15 is 0 Å². The average molecular weight is 418 g/mol.